The van der Waals surface area contributed by atoms with E-state index in [1.165, 1.54) is 0 Å². The molecule has 0 saturated carbocycles. The number of H-pyrrole nitrogens is 1. The van der Waals surface area contributed by atoms with Crippen LogP contribution in [0.5, 0.6) is 0 Å². The van der Waals surface area contributed by atoms with E-state index in [1.54, 1.807) is 0 Å². The first-order valence-corrected chi connectivity index (χ1v) is 6.45. The molecule has 18 heavy (non-hydrogen) atoms. The first kappa shape index (κ1) is 13.1. The fourth-order valence-electron chi connectivity index (χ4n) is 2.15. The van der Waals surface area contributed by atoms with Gasteiger partial charge in [0.25, 0.3) is 0 Å². The summed E-state index contributed by atoms with van der Waals surface area (Å²) < 4.78 is 0.812. The van der Waals surface area contributed by atoms with Crippen molar-refractivity contribution in [2.45, 2.75) is 26.3 Å². The van der Waals surface area contributed by atoms with Gasteiger partial charge in [0.15, 0.2) is 0 Å². The van der Waals surface area contributed by atoms with Crippen LogP contribution >= 0.6 is 15.9 Å². The summed E-state index contributed by atoms with van der Waals surface area (Å²) >= 11 is 3.45. The van der Waals surface area contributed by atoms with Crippen molar-refractivity contribution in [1.29, 1.82) is 0 Å². The van der Waals surface area contributed by atoms with Crippen molar-refractivity contribution in [3.8, 4) is 0 Å². The Hall–Kier alpha value is -1.33. The number of nitrogens with two attached hydrogens (primary N) is 1. The van der Waals surface area contributed by atoms with Crippen LogP contribution in [0.4, 0.5) is 0 Å². The van der Waals surface area contributed by atoms with Gasteiger partial charge in [-0.1, -0.05) is 12.1 Å². The fraction of sp³-hybridized carbons (Fsp3) is 0.308. The highest BCUT2D eigenvalue weighted by molar-refractivity contribution is 9.10. The molecule has 96 valence electrons. The highest BCUT2D eigenvalue weighted by Gasteiger charge is 2.19. The molecule has 1 unspecified atom stereocenters. The van der Waals surface area contributed by atoms with Crippen molar-refractivity contribution in [3.63, 3.8) is 0 Å². The predicted molar refractivity (Wildman–Crippen MR) is 74.8 cm³/mol. The van der Waals surface area contributed by atoms with Gasteiger partial charge in [0.1, 0.15) is 6.04 Å². The van der Waals surface area contributed by atoms with Gasteiger partial charge in [-0.05, 0) is 46.5 Å². The molecule has 0 bridgehead atoms. The van der Waals surface area contributed by atoms with Crippen LogP contribution in [0.3, 0.4) is 0 Å². The Labute approximate surface area is 113 Å². The number of halogens is 1. The van der Waals surface area contributed by atoms with E-state index >= 15 is 0 Å². The topological polar surface area (TPSA) is 79.1 Å². The zero-order valence-corrected chi connectivity index (χ0v) is 11.8. The number of hydrogen-bond donors (Lipinski definition) is 3. The molecular formula is C13H15BrN2O2. The lowest BCUT2D eigenvalue weighted by Crippen LogP contribution is -2.32. The molecule has 0 saturated heterocycles. The number of rotatable bonds is 3. The predicted octanol–water partition coefficient (Wildman–Crippen LogP) is 2.50. The molecule has 5 heteroatoms. The quantitative estimate of drug-likeness (QED) is 0.815. The minimum atomic E-state index is -0.985. The van der Waals surface area contributed by atoms with Gasteiger partial charge >= 0.3 is 5.97 Å². The zero-order valence-electron chi connectivity index (χ0n) is 10.2. The van der Waals surface area contributed by atoms with Crippen LogP contribution < -0.4 is 5.73 Å². The van der Waals surface area contributed by atoms with Gasteiger partial charge < -0.3 is 15.8 Å². The van der Waals surface area contributed by atoms with E-state index in [-0.39, 0.29) is 0 Å². The summed E-state index contributed by atoms with van der Waals surface area (Å²) in [6, 6.07) is 3.19. The molecule has 0 aliphatic rings. The first-order valence-electron chi connectivity index (χ1n) is 5.66. The van der Waals surface area contributed by atoms with Crippen molar-refractivity contribution < 1.29 is 9.90 Å². The largest absolute Gasteiger partial charge is 0.480 e. The number of carbonyl (C=O) groups is 1. The van der Waals surface area contributed by atoms with E-state index in [9.17, 15) is 4.79 Å². The molecule has 1 aromatic heterocycles. The number of aromatic nitrogens is 1. The highest BCUT2D eigenvalue weighted by atomic mass is 79.9. The van der Waals surface area contributed by atoms with Gasteiger partial charge in [0.2, 0.25) is 0 Å². The van der Waals surface area contributed by atoms with Crippen LogP contribution in [0.25, 0.3) is 10.9 Å². The molecule has 1 aromatic carbocycles. The van der Waals surface area contributed by atoms with Gasteiger partial charge in [-0.2, -0.15) is 0 Å². The molecule has 0 aliphatic carbocycles. The minimum absolute atomic E-state index is 0.306. The number of aromatic amines is 1. The van der Waals surface area contributed by atoms with Crippen LogP contribution in [-0.4, -0.2) is 22.1 Å². The average molecular weight is 311 g/mol. The van der Waals surface area contributed by atoms with Crippen LogP contribution in [0, 0.1) is 13.8 Å². The summed E-state index contributed by atoms with van der Waals surface area (Å²) in [6.07, 6.45) is 0.306. The minimum Gasteiger partial charge on any atom is -0.480 e. The second-order valence-corrected chi connectivity index (χ2v) is 5.31. The van der Waals surface area contributed by atoms with E-state index in [4.69, 9.17) is 10.8 Å². The molecule has 0 aliphatic heterocycles. The fourth-order valence-corrected chi connectivity index (χ4v) is 2.71. The molecule has 2 rings (SSSR count). The standard InChI is InChI=1S/C13H15BrN2O2/c1-6-3-4-7(2)11-10(6)8(12(14)16-11)5-9(15)13(17)18/h3-4,9,16H,5,15H2,1-2H3,(H,17,18). The number of benzene rings is 1. The molecule has 0 amide bonds. The third-order valence-electron chi connectivity index (χ3n) is 3.16. The summed E-state index contributed by atoms with van der Waals surface area (Å²) in [7, 11) is 0. The van der Waals surface area contributed by atoms with Gasteiger partial charge in [-0.3, -0.25) is 4.79 Å². The molecule has 0 fully saturated rings. The van der Waals surface area contributed by atoms with Crippen LogP contribution in [-0.2, 0) is 11.2 Å². The molecule has 1 atom stereocenters. The highest BCUT2D eigenvalue weighted by Crippen LogP contribution is 2.31. The molecule has 4 nitrogen and oxygen atoms in total. The number of carboxylic acids is 1. The van der Waals surface area contributed by atoms with Crippen LogP contribution in [0.1, 0.15) is 16.7 Å². The van der Waals surface area contributed by atoms with E-state index < -0.39 is 12.0 Å². The number of nitrogens with one attached hydrogen (secondary N) is 1. The SMILES string of the molecule is Cc1ccc(C)c2c(CC(N)C(=O)O)c(Br)[nH]c12. The van der Waals surface area contributed by atoms with Crippen molar-refractivity contribution in [2.24, 2.45) is 5.73 Å². The number of aliphatic carboxylic acids is 1. The van der Waals surface area contributed by atoms with E-state index in [1.807, 2.05) is 26.0 Å². The second-order valence-electron chi connectivity index (χ2n) is 4.52. The summed E-state index contributed by atoms with van der Waals surface area (Å²) in [5.41, 5.74) is 9.84. The van der Waals surface area contributed by atoms with Gasteiger partial charge in [0.05, 0.1) is 4.60 Å². The van der Waals surface area contributed by atoms with E-state index in [0.717, 1.165) is 32.2 Å². The van der Waals surface area contributed by atoms with E-state index in [2.05, 4.69) is 20.9 Å². The van der Waals surface area contributed by atoms with Crippen LogP contribution in [0.15, 0.2) is 16.7 Å². The average Bonchev–Trinajstić information content (AvgIpc) is 2.63. The van der Waals surface area contributed by atoms with Crippen molar-refractivity contribution in [2.75, 3.05) is 0 Å². The Morgan fingerprint density at radius 3 is 2.67 bits per heavy atom. The Kier molecular flexibility index (Phi) is 3.45. The van der Waals surface area contributed by atoms with Crippen molar-refractivity contribution >= 4 is 32.8 Å². The summed E-state index contributed by atoms with van der Waals surface area (Å²) in [6.45, 7) is 4.03. The summed E-state index contributed by atoms with van der Waals surface area (Å²) in [5.74, 6) is -0.985. The first-order chi connectivity index (χ1) is 8.41. The maximum absolute atomic E-state index is 10.9. The van der Waals surface area contributed by atoms with Gasteiger partial charge in [-0.25, -0.2) is 0 Å². The Morgan fingerprint density at radius 2 is 2.06 bits per heavy atom. The lowest BCUT2D eigenvalue weighted by molar-refractivity contribution is -0.138. The van der Waals surface area contributed by atoms with Gasteiger partial charge in [-0.15, -0.1) is 0 Å². The molecule has 0 radical (unpaired) electrons. The Balaban J connectivity index is 2.60. The molecule has 1 heterocycles. The van der Waals surface area contributed by atoms with Crippen molar-refractivity contribution in [3.05, 3.63) is 33.4 Å². The van der Waals surface area contributed by atoms with Crippen LogP contribution in [0.2, 0.25) is 0 Å². The van der Waals surface area contributed by atoms with Gasteiger partial charge in [0, 0.05) is 17.3 Å². The van der Waals surface area contributed by atoms with Crippen molar-refractivity contribution in [1.82, 2.24) is 4.98 Å². The molecule has 4 N–H and O–H groups in total. The zero-order chi connectivity index (χ0) is 13.4. The Bertz CT molecular complexity index is 619. The summed E-state index contributed by atoms with van der Waals surface area (Å²) in [4.78, 5) is 14.1. The lowest BCUT2D eigenvalue weighted by atomic mass is 10.0. The third kappa shape index (κ3) is 2.15. The van der Waals surface area contributed by atoms with E-state index in [0.29, 0.717) is 6.42 Å². The lowest BCUT2D eigenvalue weighted by Gasteiger charge is -2.07. The smallest absolute Gasteiger partial charge is 0.320 e. The Morgan fingerprint density at radius 1 is 1.44 bits per heavy atom. The number of carboxylic acid groups (broad SMARTS) is 1. The second kappa shape index (κ2) is 4.74. The molecule has 0 spiro atoms. The number of aryl methyl sites for hydroxylation is 2. The number of fused-ring (bicyclic) bond motifs is 1. The maximum atomic E-state index is 10.9. The monoisotopic (exact) mass is 310 g/mol. The maximum Gasteiger partial charge on any atom is 0.320 e. The third-order valence-corrected chi connectivity index (χ3v) is 3.84. The summed E-state index contributed by atoms with van der Waals surface area (Å²) in [5, 5.41) is 9.99. The molecular weight excluding hydrogens is 296 g/mol. The normalized spacial score (nSPS) is 12.9. The molecule has 2 aromatic rings. The number of hydrogen-bond acceptors (Lipinski definition) is 2.